The molecule has 0 aliphatic carbocycles. The normalized spacial score (nSPS) is 26.0. The Balaban J connectivity index is 2.16. The molecule has 1 unspecified atom stereocenters. The van der Waals surface area contributed by atoms with Crippen molar-refractivity contribution < 1.29 is 9.84 Å². The van der Waals surface area contributed by atoms with Gasteiger partial charge in [-0.05, 0) is 6.42 Å². The van der Waals surface area contributed by atoms with E-state index in [2.05, 4.69) is 4.90 Å². The van der Waals surface area contributed by atoms with Gasteiger partial charge in [0.25, 0.3) is 0 Å². The lowest BCUT2D eigenvalue weighted by molar-refractivity contribution is -0.0244. The van der Waals surface area contributed by atoms with Crippen LogP contribution in [0.2, 0.25) is 0 Å². The number of aliphatic hydroxyl groups excluding tert-OH is 1. The molecule has 0 amide bonds. The minimum absolute atomic E-state index is 0.192. The van der Waals surface area contributed by atoms with E-state index < -0.39 is 0 Å². The van der Waals surface area contributed by atoms with Gasteiger partial charge in [0.15, 0.2) is 0 Å². The summed E-state index contributed by atoms with van der Waals surface area (Å²) >= 11 is 0. The molecule has 0 aromatic heterocycles. The molecule has 0 saturated carbocycles. The highest BCUT2D eigenvalue weighted by molar-refractivity contribution is 4.71. The molecule has 0 bridgehead atoms. The van der Waals surface area contributed by atoms with E-state index in [1.54, 1.807) is 0 Å². The standard InChI is InChI=1S/C8H18N2O2/c9-6-8-7-10(2-1-4-11)3-5-12-8/h8,11H,1-7,9H2. The molecule has 1 heterocycles. The maximum Gasteiger partial charge on any atom is 0.0824 e. The zero-order valence-electron chi connectivity index (χ0n) is 7.41. The van der Waals surface area contributed by atoms with Crippen molar-refractivity contribution in [2.24, 2.45) is 5.73 Å². The average Bonchev–Trinajstić information content (AvgIpc) is 2.15. The second kappa shape index (κ2) is 5.48. The molecule has 72 valence electrons. The fraction of sp³-hybridized carbons (Fsp3) is 1.00. The first-order chi connectivity index (χ1) is 5.86. The molecule has 0 aromatic carbocycles. The molecule has 1 aliphatic rings. The molecular formula is C8H18N2O2. The van der Waals surface area contributed by atoms with Gasteiger partial charge in [-0.1, -0.05) is 0 Å². The van der Waals surface area contributed by atoms with Crippen LogP contribution in [0.15, 0.2) is 0 Å². The van der Waals surface area contributed by atoms with Gasteiger partial charge in [0, 0.05) is 32.8 Å². The Bertz CT molecular complexity index is 122. The summed E-state index contributed by atoms with van der Waals surface area (Å²) in [7, 11) is 0. The van der Waals surface area contributed by atoms with Gasteiger partial charge in [-0.25, -0.2) is 0 Å². The summed E-state index contributed by atoms with van der Waals surface area (Å²) in [5, 5.41) is 8.64. The lowest BCUT2D eigenvalue weighted by Gasteiger charge is -2.32. The van der Waals surface area contributed by atoms with Gasteiger partial charge in [0.1, 0.15) is 0 Å². The van der Waals surface area contributed by atoms with Gasteiger partial charge in [-0.3, -0.25) is 4.90 Å². The van der Waals surface area contributed by atoms with Crippen molar-refractivity contribution in [3.05, 3.63) is 0 Å². The summed E-state index contributed by atoms with van der Waals surface area (Å²) in [5.41, 5.74) is 5.49. The number of hydrogen-bond acceptors (Lipinski definition) is 4. The molecule has 1 aliphatic heterocycles. The van der Waals surface area contributed by atoms with Gasteiger partial charge >= 0.3 is 0 Å². The van der Waals surface area contributed by atoms with E-state index in [1.165, 1.54) is 0 Å². The summed E-state index contributed by atoms with van der Waals surface area (Å²) < 4.78 is 5.41. The third kappa shape index (κ3) is 3.06. The van der Waals surface area contributed by atoms with Gasteiger partial charge in [-0.2, -0.15) is 0 Å². The zero-order chi connectivity index (χ0) is 8.81. The topological polar surface area (TPSA) is 58.7 Å². The third-order valence-electron chi connectivity index (χ3n) is 2.12. The van der Waals surface area contributed by atoms with E-state index in [1.807, 2.05) is 0 Å². The van der Waals surface area contributed by atoms with Crippen molar-refractivity contribution in [3.63, 3.8) is 0 Å². The number of nitrogens with two attached hydrogens (primary N) is 1. The Morgan fingerprint density at radius 1 is 1.58 bits per heavy atom. The fourth-order valence-electron chi connectivity index (χ4n) is 1.42. The predicted octanol–water partition coefficient (Wildman–Crippen LogP) is -0.972. The van der Waals surface area contributed by atoms with E-state index in [-0.39, 0.29) is 12.7 Å². The quantitative estimate of drug-likeness (QED) is 0.575. The van der Waals surface area contributed by atoms with Crippen LogP contribution < -0.4 is 5.73 Å². The molecule has 1 rings (SSSR count). The third-order valence-corrected chi connectivity index (χ3v) is 2.12. The van der Waals surface area contributed by atoms with Crippen molar-refractivity contribution >= 4 is 0 Å². The molecule has 4 heteroatoms. The molecular weight excluding hydrogens is 156 g/mol. The van der Waals surface area contributed by atoms with Crippen molar-refractivity contribution in [1.82, 2.24) is 4.90 Å². The first-order valence-electron chi connectivity index (χ1n) is 4.51. The molecule has 1 atom stereocenters. The van der Waals surface area contributed by atoms with Crippen molar-refractivity contribution in [1.29, 1.82) is 0 Å². The summed E-state index contributed by atoms with van der Waals surface area (Å²) in [6.07, 6.45) is 1.04. The van der Waals surface area contributed by atoms with E-state index in [9.17, 15) is 0 Å². The van der Waals surface area contributed by atoms with Crippen molar-refractivity contribution in [2.75, 3.05) is 39.4 Å². The van der Waals surface area contributed by atoms with Crippen molar-refractivity contribution in [3.8, 4) is 0 Å². The van der Waals surface area contributed by atoms with Crippen LogP contribution in [0, 0.1) is 0 Å². The second-order valence-corrected chi connectivity index (χ2v) is 3.11. The molecule has 4 nitrogen and oxygen atoms in total. The van der Waals surface area contributed by atoms with Crippen LogP contribution in [0.1, 0.15) is 6.42 Å². The predicted molar refractivity (Wildman–Crippen MR) is 46.9 cm³/mol. The van der Waals surface area contributed by atoms with Crippen LogP contribution in [0.4, 0.5) is 0 Å². The largest absolute Gasteiger partial charge is 0.396 e. The SMILES string of the molecule is NCC1CN(CCCO)CCO1. The van der Waals surface area contributed by atoms with E-state index >= 15 is 0 Å². The maximum atomic E-state index is 8.64. The van der Waals surface area contributed by atoms with E-state index in [0.717, 1.165) is 32.7 Å². The summed E-state index contributed by atoms with van der Waals surface area (Å²) in [5.74, 6) is 0. The first-order valence-corrected chi connectivity index (χ1v) is 4.51. The smallest absolute Gasteiger partial charge is 0.0824 e. The van der Waals surface area contributed by atoms with Crippen LogP contribution in [0.5, 0.6) is 0 Å². The fourth-order valence-corrected chi connectivity index (χ4v) is 1.42. The molecule has 12 heavy (non-hydrogen) atoms. The minimum Gasteiger partial charge on any atom is -0.396 e. The van der Waals surface area contributed by atoms with Crippen LogP contribution >= 0.6 is 0 Å². The van der Waals surface area contributed by atoms with Crippen LogP contribution in [-0.4, -0.2) is 55.5 Å². The highest BCUT2D eigenvalue weighted by Gasteiger charge is 2.17. The first kappa shape index (κ1) is 9.92. The number of morpholine rings is 1. The van der Waals surface area contributed by atoms with Crippen LogP contribution in [0.25, 0.3) is 0 Å². The maximum absolute atomic E-state index is 8.64. The molecule has 0 radical (unpaired) electrons. The summed E-state index contributed by atoms with van der Waals surface area (Å²) in [6, 6.07) is 0. The number of rotatable bonds is 4. The lowest BCUT2D eigenvalue weighted by atomic mass is 10.2. The Morgan fingerprint density at radius 3 is 3.08 bits per heavy atom. The van der Waals surface area contributed by atoms with Gasteiger partial charge < -0.3 is 15.6 Å². The number of ether oxygens (including phenoxy) is 1. The summed E-state index contributed by atoms with van der Waals surface area (Å²) in [4.78, 5) is 2.29. The highest BCUT2D eigenvalue weighted by Crippen LogP contribution is 2.03. The average molecular weight is 174 g/mol. The number of hydrogen-bond donors (Lipinski definition) is 2. The second-order valence-electron chi connectivity index (χ2n) is 3.11. The number of aliphatic hydroxyl groups is 1. The Labute approximate surface area is 73.3 Å². The van der Waals surface area contributed by atoms with E-state index in [4.69, 9.17) is 15.6 Å². The Morgan fingerprint density at radius 2 is 2.42 bits per heavy atom. The number of nitrogens with zero attached hydrogens (tertiary/aromatic N) is 1. The zero-order valence-corrected chi connectivity index (χ0v) is 7.41. The molecule has 1 saturated heterocycles. The van der Waals surface area contributed by atoms with Crippen LogP contribution in [0.3, 0.4) is 0 Å². The monoisotopic (exact) mass is 174 g/mol. The minimum atomic E-state index is 0.192. The Hall–Kier alpha value is -0.160. The van der Waals surface area contributed by atoms with Gasteiger partial charge in [0.2, 0.25) is 0 Å². The highest BCUT2D eigenvalue weighted by atomic mass is 16.5. The molecule has 0 spiro atoms. The van der Waals surface area contributed by atoms with E-state index in [0.29, 0.717) is 6.54 Å². The van der Waals surface area contributed by atoms with Crippen LogP contribution in [-0.2, 0) is 4.74 Å². The molecule has 3 N–H and O–H groups in total. The van der Waals surface area contributed by atoms with Gasteiger partial charge in [0.05, 0.1) is 12.7 Å². The molecule has 1 fully saturated rings. The molecule has 0 aromatic rings. The lowest BCUT2D eigenvalue weighted by Crippen LogP contribution is -2.45. The Kier molecular flexibility index (Phi) is 4.53. The summed E-state index contributed by atoms with van der Waals surface area (Å²) in [6.45, 7) is 4.47. The van der Waals surface area contributed by atoms with Gasteiger partial charge in [-0.15, -0.1) is 0 Å². The van der Waals surface area contributed by atoms with Crippen molar-refractivity contribution in [2.45, 2.75) is 12.5 Å².